The molecule has 1 fully saturated rings. The van der Waals surface area contributed by atoms with Crippen molar-refractivity contribution in [3.63, 3.8) is 0 Å². The molecule has 0 saturated carbocycles. The smallest absolute Gasteiger partial charge is 0.231 e. The van der Waals surface area contributed by atoms with Crippen molar-refractivity contribution in [2.45, 2.75) is 46.0 Å². The summed E-state index contributed by atoms with van der Waals surface area (Å²) in [5, 5.41) is 6.55. The zero-order valence-corrected chi connectivity index (χ0v) is 12.7. The van der Waals surface area contributed by atoms with Gasteiger partial charge in [0.05, 0.1) is 5.41 Å². The van der Waals surface area contributed by atoms with Crippen molar-refractivity contribution in [2.24, 2.45) is 5.41 Å². The Bertz CT molecular complexity index is 450. The third-order valence-corrected chi connectivity index (χ3v) is 4.42. The summed E-state index contributed by atoms with van der Waals surface area (Å²) in [6, 6.07) is 8.16. The Balaban J connectivity index is 2.14. The van der Waals surface area contributed by atoms with E-state index in [2.05, 4.69) is 30.5 Å². The minimum atomic E-state index is -0.239. The standard InChI is InChI=1S/C17H26N2O/c1-3-8-14-9-5-6-10-15(14)19-16(20)17(4-2)11-7-12-18-13-17/h5-6,9-10,18H,3-4,7-8,11-13H2,1-2H3,(H,19,20). The van der Waals surface area contributed by atoms with Gasteiger partial charge in [0.15, 0.2) is 0 Å². The lowest BCUT2D eigenvalue weighted by Crippen LogP contribution is -2.47. The van der Waals surface area contributed by atoms with Gasteiger partial charge >= 0.3 is 0 Å². The van der Waals surface area contributed by atoms with Crippen LogP contribution in [0.1, 0.15) is 45.1 Å². The second-order valence-electron chi connectivity index (χ2n) is 5.78. The molecule has 0 radical (unpaired) electrons. The van der Waals surface area contributed by atoms with Gasteiger partial charge in [-0.2, -0.15) is 0 Å². The molecule has 20 heavy (non-hydrogen) atoms. The molecule has 3 nitrogen and oxygen atoms in total. The Hall–Kier alpha value is -1.35. The van der Waals surface area contributed by atoms with Crippen LogP contribution < -0.4 is 10.6 Å². The number of aryl methyl sites for hydroxylation is 1. The number of benzene rings is 1. The lowest BCUT2D eigenvalue weighted by Gasteiger charge is -2.35. The second-order valence-corrected chi connectivity index (χ2v) is 5.78. The summed E-state index contributed by atoms with van der Waals surface area (Å²) >= 11 is 0. The lowest BCUT2D eigenvalue weighted by molar-refractivity contribution is -0.126. The Morgan fingerprint density at radius 2 is 2.15 bits per heavy atom. The summed E-state index contributed by atoms with van der Waals surface area (Å²) in [6.45, 7) is 6.11. The van der Waals surface area contributed by atoms with Gasteiger partial charge in [0.25, 0.3) is 0 Å². The van der Waals surface area contributed by atoms with Crippen molar-refractivity contribution >= 4 is 11.6 Å². The first-order valence-electron chi connectivity index (χ1n) is 7.82. The summed E-state index contributed by atoms with van der Waals surface area (Å²) in [6.07, 6.45) is 5.05. The maximum Gasteiger partial charge on any atom is 0.231 e. The van der Waals surface area contributed by atoms with Gasteiger partial charge in [0.2, 0.25) is 5.91 Å². The molecule has 1 aliphatic rings. The SMILES string of the molecule is CCCc1ccccc1NC(=O)C1(CC)CCCNC1. The van der Waals surface area contributed by atoms with Crippen molar-refractivity contribution in [2.75, 3.05) is 18.4 Å². The molecular weight excluding hydrogens is 248 g/mol. The van der Waals surface area contributed by atoms with E-state index >= 15 is 0 Å². The monoisotopic (exact) mass is 274 g/mol. The molecule has 1 aromatic rings. The molecule has 2 rings (SSSR count). The fourth-order valence-corrected chi connectivity index (χ4v) is 3.01. The van der Waals surface area contributed by atoms with Gasteiger partial charge in [-0.15, -0.1) is 0 Å². The van der Waals surface area contributed by atoms with Crippen LogP contribution in [0.4, 0.5) is 5.69 Å². The highest BCUT2D eigenvalue weighted by molar-refractivity contribution is 5.96. The van der Waals surface area contributed by atoms with E-state index in [0.717, 1.165) is 50.9 Å². The van der Waals surface area contributed by atoms with Crippen LogP contribution in [-0.4, -0.2) is 19.0 Å². The fourth-order valence-electron chi connectivity index (χ4n) is 3.01. The van der Waals surface area contributed by atoms with E-state index in [1.807, 2.05) is 18.2 Å². The molecule has 0 spiro atoms. The number of carbonyl (C=O) groups is 1. The molecule has 1 aromatic carbocycles. The van der Waals surface area contributed by atoms with Crippen LogP contribution in [0.25, 0.3) is 0 Å². The van der Waals surface area contributed by atoms with E-state index in [0.29, 0.717) is 0 Å². The lowest BCUT2D eigenvalue weighted by atomic mass is 9.77. The first-order chi connectivity index (χ1) is 9.72. The zero-order chi connectivity index (χ0) is 14.4. The van der Waals surface area contributed by atoms with Crippen LogP contribution in [-0.2, 0) is 11.2 Å². The molecule has 0 bridgehead atoms. The Kier molecular flexibility index (Phi) is 5.18. The van der Waals surface area contributed by atoms with Crippen LogP contribution >= 0.6 is 0 Å². The van der Waals surface area contributed by atoms with E-state index in [-0.39, 0.29) is 11.3 Å². The molecular formula is C17H26N2O. The molecule has 1 unspecified atom stereocenters. The van der Waals surface area contributed by atoms with Gasteiger partial charge in [-0.05, 0) is 43.9 Å². The normalized spacial score (nSPS) is 22.5. The van der Waals surface area contributed by atoms with E-state index < -0.39 is 0 Å². The summed E-state index contributed by atoms with van der Waals surface area (Å²) in [5.41, 5.74) is 1.98. The largest absolute Gasteiger partial charge is 0.325 e. The van der Waals surface area contributed by atoms with Crippen molar-refractivity contribution in [3.05, 3.63) is 29.8 Å². The van der Waals surface area contributed by atoms with Crippen molar-refractivity contribution < 1.29 is 4.79 Å². The van der Waals surface area contributed by atoms with Gasteiger partial charge in [0.1, 0.15) is 0 Å². The van der Waals surface area contributed by atoms with Crippen molar-refractivity contribution in [1.29, 1.82) is 0 Å². The molecule has 3 heteroatoms. The topological polar surface area (TPSA) is 41.1 Å². The Labute approximate surface area is 122 Å². The number of nitrogens with one attached hydrogen (secondary N) is 2. The minimum absolute atomic E-state index is 0.177. The average Bonchev–Trinajstić information content (AvgIpc) is 2.50. The van der Waals surface area contributed by atoms with Gasteiger partial charge in [-0.1, -0.05) is 38.5 Å². The number of hydrogen-bond acceptors (Lipinski definition) is 2. The molecule has 110 valence electrons. The third kappa shape index (κ3) is 3.21. The van der Waals surface area contributed by atoms with E-state index in [1.165, 1.54) is 5.56 Å². The first-order valence-corrected chi connectivity index (χ1v) is 7.82. The van der Waals surface area contributed by atoms with Crippen LogP contribution in [0.2, 0.25) is 0 Å². The van der Waals surface area contributed by atoms with Gasteiger partial charge < -0.3 is 10.6 Å². The number of piperidine rings is 1. The van der Waals surface area contributed by atoms with E-state index in [9.17, 15) is 4.79 Å². The molecule has 2 N–H and O–H groups in total. The molecule has 1 heterocycles. The maximum absolute atomic E-state index is 12.7. The summed E-state index contributed by atoms with van der Waals surface area (Å²) < 4.78 is 0. The predicted octanol–water partition coefficient (Wildman–Crippen LogP) is 3.36. The van der Waals surface area contributed by atoms with E-state index in [4.69, 9.17) is 0 Å². The number of rotatable bonds is 5. The zero-order valence-electron chi connectivity index (χ0n) is 12.7. The Morgan fingerprint density at radius 1 is 1.35 bits per heavy atom. The number of anilines is 1. The molecule has 1 atom stereocenters. The summed E-state index contributed by atoms with van der Waals surface area (Å²) in [4.78, 5) is 12.7. The summed E-state index contributed by atoms with van der Waals surface area (Å²) in [7, 11) is 0. The number of para-hydroxylation sites is 1. The highest BCUT2D eigenvalue weighted by Crippen LogP contribution is 2.32. The molecule has 0 aromatic heterocycles. The van der Waals surface area contributed by atoms with Crippen LogP contribution in [0, 0.1) is 5.41 Å². The van der Waals surface area contributed by atoms with Crippen LogP contribution in [0.15, 0.2) is 24.3 Å². The quantitative estimate of drug-likeness (QED) is 0.864. The molecule has 0 aliphatic carbocycles. The van der Waals surface area contributed by atoms with E-state index in [1.54, 1.807) is 0 Å². The summed E-state index contributed by atoms with van der Waals surface area (Å²) in [5.74, 6) is 0.177. The minimum Gasteiger partial charge on any atom is -0.325 e. The molecule has 1 aliphatic heterocycles. The predicted molar refractivity (Wildman–Crippen MR) is 83.9 cm³/mol. The number of hydrogen-bond donors (Lipinski definition) is 2. The number of amides is 1. The fraction of sp³-hybridized carbons (Fsp3) is 0.588. The molecule has 1 amide bonds. The average molecular weight is 274 g/mol. The first kappa shape index (κ1) is 15.0. The van der Waals surface area contributed by atoms with Crippen molar-refractivity contribution in [1.82, 2.24) is 5.32 Å². The van der Waals surface area contributed by atoms with Gasteiger partial charge in [0, 0.05) is 12.2 Å². The molecule has 1 saturated heterocycles. The van der Waals surface area contributed by atoms with Crippen LogP contribution in [0.3, 0.4) is 0 Å². The Morgan fingerprint density at radius 3 is 2.80 bits per heavy atom. The van der Waals surface area contributed by atoms with Gasteiger partial charge in [-0.3, -0.25) is 4.79 Å². The maximum atomic E-state index is 12.7. The third-order valence-electron chi connectivity index (χ3n) is 4.42. The highest BCUT2D eigenvalue weighted by Gasteiger charge is 2.37. The highest BCUT2D eigenvalue weighted by atomic mass is 16.2. The van der Waals surface area contributed by atoms with Crippen molar-refractivity contribution in [3.8, 4) is 0 Å². The van der Waals surface area contributed by atoms with Crippen LogP contribution in [0.5, 0.6) is 0 Å². The second kappa shape index (κ2) is 6.89. The number of carbonyl (C=O) groups excluding carboxylic acids is 1. The van der Waals surface area contributed by atoms with Gasteiger partial charge in [-0.25, -0.2) is 0 Å².